The highest BCUT2D eigenvalue weighted by Crippen LogP contribution is 2.47. The molecule has 2 aliphatic carbocycles. The average molecular weight is 238 g/mol. The van der Waals surface area contributed by atoms with Crippen LogP contribution in [-0.2, 0) is 0 Å². The van der Waals surface area contributed by atoms with E-state index in [0.717, 1.165) is 5.92 Å². The lowest BCUT2D eigenvalue weighted by Crippen LogP contribution is -2.13. The van der Waals surface area contributed by atoms with Crippen LogP contribution >= 0.6 is 0 Å². The van der Waals surface area contributed by atoms with Crippen LogP contribution in [0.25, 0.3) is 6.08 Å². The van der Waals surface area contributed by atoms with Gasteiger partial charge >= 0.3 is 0 Å². The summed E-state index contributed by atoms with van der Waals surface area (Å²) in [4.78, 5) is 0. The molecule has 0 N–H and O–H groups in total. The molecule has 1 aromatic carbocycles. The standard InChI is InChI=1S/C18H22/c1-13(2)18-16-11-7-6-10-15(16)12-17(18)14-8-4-3-5-9-14/h6-7,10-12,14,18H,1,3-5,8-9H2,2H3. The molecule has 0 radical (unpaired) electrons. The Balaban J connectivity index is 1.97. The molecular formula is C18H22. The Morgan fingerprint density at radius 2 is 1.83 bits per heavy atom. The summed E-state index contributed by atoms with van der Waals surface area (Å²) in [6.45, 7) is 6.42. The Morgan fingerprint density at radius 3 is 2.56 bits per heavy atom. The maximum Gasteiger partial charge on any atom is 0.0264 e. The molecular weight excluding hydrogens is 216 g/mol. The van der Waals surface area contributed by atoms with Gasteiger partial charge in [0.2, 0.25) is 0 Å². The molecule has 1 fully saturated rings. The van der Waals surface area contributed by atoms with Crippen LogP contribution in [0, 0.1) is 5.92 Å². The highest BCUT2D eigenvalue weighted by Gasteiger charge is 2.31. The van der Waals surface area contributed by atoms with Gasteiger partial charge in [0.15, 0.2) is 0 Å². The van der Waals surface area contributed by atoms with Crippen molar-refractivity contribution < 1.29 is 0 Å². The van der Waals surface area contributed by atoms with E-state index in [1.165, 1.54) is 48.8 Å². The molecule has 0 aromatic heterocycles. The van der Waals surface area contributed by atoms with Gasteiger partial charge in [-0.15, -0.1) is 0 Å². The number of hydrogen-bond acceptors (Lipinski definition) is 0. The van der Waals surface area contributed by atoms with Crippen LogP contribution < -0.4 is 0 Å². The summed E-state index contributed by atoms with van der Waals surface area (Å²) in [5.74, 6) is 1.29. The van der Waals surface area contributed by atoms with Crippen molar-refractivity contribution >= 4 is 6.08 Å². The number of benzene rings is 1. The Bertz CT molecular complexity index is 487. The predicted molar refractivity (Wildman–Crippen MR) is 78.5 cm³/mol. The van der Waals surface area contributed by atoms with E-state index in [-0.39, 0.29) is 0 Å². The normalized spacial score (nSPS) is 23.6. The first kappa shape index (κ1) is 11.8. The second kappa shape index (κ2) is 4.76. The number of fused-ring (bicyclic) bond motifs is 1. The lowest BCUT2D eigenvalue weighted by atomic mass is 9.77. The summed E-state index contributed by atoms with van der Waals surface area (Å²) in [5.41, 5.74) is 5.84. The molecule has 1 aromatic rings. The Labute approximate surface area is 110 Å². The molecule has 0 aliphatic heterocycles. The third-order valence-corrected chi connectivity index (χ3v) is 4.53. The van der Waals surface area contributed by atoms with Gasteiger partial charge in [0.25, 0.3) is 0 Å². The van der Waals surface area contributed by atoms with E-state index in [9.17, 15) is 0 Å². The predicted octanol–water partition coefficient (Wildman–Crippen LogP) is 5.32. The third-order valence-electron chi connectivity index (χ3n) is 4.53. The molecule has 0 saturated heterocycles. The van der Waals surface area contributed by atoms with E-state index in [2.05, 4.69) is 43.8 Å². The smallest absolute Gasteiger partial charge is 0.0264 e. The minimum Gasteiger partial charge on any atom is -0.0992 e. The van der Waals surface area contributed by atoms with Crippen molar-refractivity contribution in [3.05, 3.63) is 53.1 Å². The van der Waals surface area contributed by atoms with Crippen molar-refractivity contribution in [2.24, 2.45) is 5.92 Å². The van der Waals surface area contributed by atoms with Crippen LogP contribution in [0.2, 0.25) is 0 Å². The lowest BCUT2D eigenvalue weighted by molar-refractivity contribution is 0.395. The third kappa shape index (κ3) is 1.94. The minimum atomic E-state index is 0.490. The van der Waals surface area contributed by atoms with Crippen LogP contribution in [0.1, 0.15) is 56.1 Å². The summed E-state index contributed by atoms with van der Waals surface area (Å²) in [6.07, 6.45) is 9.44. The summed E-state index contributed by atoms with van der Waals surface area (Å²) < 4.78 is 0. The van der Waals surface area contributed by atoms with E-state index in [4.69, 9.17) is 0 Å². The molecule has 18 heavy (non-hydrogen) atoms. The fourth-order valence-corrected chi connectivity index (χ4v) is 3.69. The molecule has 0 amide bonds. The fraction of sp³-hybridized carbons (Fsp3) is 0.444. The summed E-state index contributed by atoms with van der Waals surface area (Å²) in [7, 11) is 0. The van der Waals surface area contributed by atoms with Crippen molar-refractivity contribution in [1.82, 2.24) is 0 Å². The van der Waals surface area contributed by atoms with Crippen LogP contribution in [0.15, 0.2) is 42.0 Å². The van der Waals surface area contributed by atoms with E-state index < -0.39 is 0 Å². The van der Waals surface area contributed by atoms with Gasteiger partial charge in [0, 0.05) is 5.92 Å². The largest absolute Gasteiger partial charge is 0.0992 e. The van der Waals surface area contributed by atoms with Crippen LogP contribution in [0.5, 0.6) is 0 Å². The molecule has 2 aliphatic rings. The molecule has 0 nitrogen and oxygen atoms in total. The van der Waals surface area contributed by atoms with Crippen molar-refractivity contribution in [2.45, 2.75) is 44.9 Å². The zero-order chi connectivity index (χ0) is 12.5. The molecule has 1 atom stereocenters. The van der Waals surface area contributed by atoms with E-state index in [1.807, 2.05) is 0 Å². The highest BCUT2D eigenvalue weighted by atomic mass is 14.3. The average Bonchev–Trinajstić information content (AvgIpc) is 2.79. The highest BCUT2D eigenvalue weighted by molar-refractivity contribution is 5.69. The second-order valence-corrected chi connectivity index (χ2v) is 5.89. The first-order valence-corrected chi connectivity index (χ1v) is 7.23. The SMILES string of the molecule is C=C(C)C1C(C2CCCCC2)=Cc2ccccc21. The van der Waals surface area contributed by atoms with Gasteiger partial charge in [-0.25, -0.2) is 0 Å². The molecule has 94 valence electrons. The zero-order valence-electron chi connectivity index (χ0n) is 11.3. The molecule has 0 heterocycles. The van der Waals surface area contributed by atoms with Crippen molar-refractivity contribution in [2.75, 3.05) is 0 Å². The maximum atomic E-state index is 4.24. The Morgan fingerprint density at radius 1 is 1.11 bits per heavy atom. The van der Waals surface area contributed by atoms with Gasteiger partial charge in [-0.1, -0.05) is 67.3 Å². The van der Waals surface area contributed by atoms with Gasteiger partial charge < -0.3 is 0 Å². The maximum absolute atomic E-state index is 4.24. The van der Waals surface area contributed by atoms with Crippen molar-refractivity contribution in [1.29, 1.82) is 0 Å². The van der Waals surface area contributed by atoms with Crippen LogP contribution in [0.3, 0.4) is 0 Å². The molecule has 0 heteroatoms. The van der Waals surface area contributed by atoms with Gasteiger partial charge in [-0.2, -0.15) is 0 Å². The Kier molecular flexibility index (Phi) is 3.11. The van der Waals surface area contributed by atoms with Crippen LogP contribution in [-0.4, -0.2) is 0 Å². The molecule has 1 unspecified atom stereocenters. The lowest BCUT2D eigenvalue weighted by Gasteiger charge is -2.28. The number of rotatable bonds is 2. The first-order chi connectivity index (χ1) is 8.77. The van der Waals surface area contributed by atoms with Gasteiger partial charge in [0.1, 0.15) is 0 Å². The molecule has 0 bridgehead atoms. The van der Waals surface area contributed by atoms with Crippen molar-refractivity contribution in [3.63, 3.8) is 0 Å². The molecule has 0 spiro atoms. The monoisotopic (exact) mass is 238 g/mol. The molecule has 1 saturated carbocycles. The summed E-state index contributed by atoms with van der Waals surface area (Å²) in [5, 5.41) is 0. The zero-order valence-corrected chi connectivity index (χ0v) is 11.3. The van der Waals surface area contributed by atoms with Crippen molar-refractivity contribution in [3.8, 4) is 0 Å². The fourth-order valence-electron chi connectivity index (χ4n) is 3.69. The second-order valence-electron chi connectivity index (χ2n) is 5.89. The molecule has 3 rings (SSSR count). The van der Waals surface area contributed by atoms with Gasteiger partial charge in [0.05, 0.1) is 0 Å². The number of allylic oxidation sites excluding steroid dienone is 2. The number of hydrogen-bond donors (Lipinski definition) is 0. The van der Waals surface area contributed by atoms with E-state index in [0.29, 0.717) is 5.92 Å². The van der Waals surface area contributed by atoms with Gasteiger partial charge in [-0.05, 0) is 36.8 Å². The first-order valence-electron chi connectivity index (χ1n) is 7.23. The topological polar surface area (TPSA) is 0 Å². The minimum absolute atomic E-state index is 0.490. The van der Waals surface area contributed by atoms with Gasteiger partial charge in [-0.3, -0.25) is 0 Å². The van der Waals surface area contributed by atoms with Crippen LogP contribution in [0.4, 0.5) is 0 Å². The van der Waals surface area contributed by atoms with E-state index >= 15 is 0 Å². The summed E-state index contributed by atoms with van der Waals surface area (Å²) >= 11 is 0. The quantitative estimate of drug-likeness (QED) is 0.611. The van der Waals surface area contributed by atoms with E-state index in [1.54, 1.807) is 5.57 Å². The Hall–Kier alpha value is -1.30. The summed E-state index contributed by atoms with van der Waals surface area (Å²) in [6, 6.07) is 8.84.